The highest BCUT2D eigenvalue weighted by Gasteiger charge is 2.34. The van der Waals surface area contributed by atoms with Crippen molar-refractivity contribution in [1.82, 2.24) is 9.88 Å². The van der Waals surface area contributed by atoms with E-state index in [1.54, 1.807) is 11.3 Å². The third kappa shape index (κ3) is 4.31. The lowest BCUT2D eigenvalue weighted by Crippen LogP contribution is -2.51. The normalized spacial score (nSPS) is 22.2. The van der Waals surface area contributed by atoms with Crippen LogP contribution in [0.2, 0.25) is 0 Å². The van der Waals surface area contributed by atoms with E-state index in [1.165, 1.54) is 10.4 Å². The Hall–Kier alpha value is -1.43. The first-order valence-electron chi connectivity index (χ1n) is 8.07. The predicted molar refractivity (Wildman–Crippen MR) is 93.0 cm³/mol. The summed E-state index contributed by atoms with van der Waals surface area (Å²) in [6, 6.07) is 7.97. The molecule has 0 radical (unpaired) electrons. The number of aryl methyl sites for hydroxylation is 2. The molecule has 1 saturated heterocycles. The zero-order chi connectivity index (χ0) is 16.3. The van der Waals surface area contributed by atoms with Gasteiger partial charge in [0.15, 0.2) is 0 Å². The molecule has 1 unspecified atom stereocenters. The van der Waals surface area contributed by atoms with Crippen molar-refractivity contribution in [3.8, 4) is 5.75 Å². The average Bonchev–Trinajstić information content (AvgIpc) is 2.91. The minimum absolute atomic E-state index is 0.342. The molecule has 0 bridgehead atoms. The second kappa shape index (κ2) is 6.99. The van der Waals surface area contributed by atoms with Crippen LogP contribution in [0.25, 0.3) is 0 Å². The predicted octanol–water partition coefficient (Wildman–Crippen LogP) is 3.17. The molecule has 1 aromatic heterocycles. The highest BCUT2D eigenvalue weighted by atomic mass is 32.1. The van der Waals surface area contributed by atoms with Crippen molar-refractivity contribution in [3.63, 3.8) is 0 Å². The van der Waals surface area contributed by atoms with Crippen LogP contribution in [0.3, 0.4) is 0 Å². The first-order chi connectivity index (χ1) is 11.0. The molecule has 0 saturated carbocycles. The van der Waals surface area contributed by atoms with E-state index in [1.807, 2.05) is 43.6 Å². The van der Waals surface area contributed by atoms with Crippen LogP contribution in [0.5, 0.6) is 5.75 Å². The molecular weight excluding hydrogens is 308 g/mol. The van der Waals surface area contributed by atoms with E-state index >= 15 is 0 Å². The molecule has 2 heterocycles. The number of ether oxygens (including phenoxy) is 1. The topological polar surface area (TPSA) is 45.6 Å². The quantitative estimate of drug-likeness (QED) is 0.913. The van der Waals surface area contributed by atoms with Crippen LogP contribution in [0, 0.1) is 13.8 Å². The second-order valence-electron chi connectivity index (χ2n) is 6.50. The lowest BCUT2D eigenvalue weighted by atomic mass is 9.93. The lowest BCUT2D eigenvalue weighted by molar-refractivity contribution is -0.0619. The number of nitrogens with zero attached hydrogens (tertiary/aromatic N) is 2. The Morgan fingerprint density at radius 2 is 2.26 bits per heavy atom. The number of aliphatic hydroxyl groups is 1. The zero-order valence-electron chi connectivity index (χ0n) is 13.8. The van der Waals surface area contributed by atoms with Gasteiger partial charge in [-0.2, -0.15) is 0 Å². The Balaban J connectivity index is 1.59. The number of thiazole rings is 1. The zero-order valence-corrected chi connectivity index (χ0v) is 14.6. The summed E-state index contributed by atoms with van der Waals surface area (Å²) < 4.78 is 5.85. The molecule has 4 nitrogen and oxygen atoms in total. The average molecular weight is 332 g/mol. The van der Waals surface area contributed by atoms with E-state index in [0.717, 1.165) is 37.4 Å². The standard InChI is InChI=1S/C18H24N2O2S/c1-14-5-3-6-16(9-14)22-12-18(21)7-4-8-20(11-18)10-17-15(2)19-13-23-17/h3,5-6,9,13,21H,4,7-8,10-12H2,1-2H3. The van der Waals surface area contributed by atoms with Gasteiger partial charge in [0.1, 0.15) is 18.0 Å². The summed E-state index contributed by atoms with van der Waals surface area (Å²) in [6.07, 6.45) is 1.78. The Labute approximate surface area is 141 Å². The Morgan fingerprint density at radius 1 is 1.39 bits per heavy atom. The van der Waals surface area contributed by atoms with Gasteiger partial charge in [-0.25, -0.2) is 4.98 Å². The van der Waals surface area contributed by atoms with Gasteiger partial charge in [0.25, 0.3) is 0 Å². The first kappa shape index (κ1) is 16.4. The fourth-order valence-electron chi connectivity index (χ4n) is 3.06. The highest BCUT2D eigenvalue weighted by Crippen LogP contribution is 2.25. The highest BCUT2D eigenvalue weighted by molar-refractivity contribution is 7.09. The number of hydrogen-bond donors (Lipinski definition) is 1. The van der Waals surface area contributed by atoms with Crippen molar-refractivity contribution in [3.05, 3.63) is 45.9 Å². The van der Waals surface area contributed by atoms with E-state index in [4.69, 9.17) is 4.74 Å². The van der Waals surface area contributed by atoms with Crippen LogP contribution in [0.4, 0.5) is 0 Å². The monoisotopic (exact) mass is 332 g/mol. The largest absolute Gasteiger partial charge is 0.491 e. The minimum Gasteiger partial charge on any atom is -0.491 e. The van der Waals surface area contributed by atoms with Crippen molar-refractivity contribution < 1.29 is 9.84 Å². The SMILES string of the molecule is Cc1cccc(OCC2(O)CCCN(Cc3scnc3C)C2)c1. The van der Waals surface area contributed by atoms with Crippen LogP contribution >= 0.6 is 11.3 Å². The molecule has 1 atom stereocenters. The molecule has 5 heteroatoms. The van der Waals surface area contributed by atoms with Gasteiger partial charge >= 0.3 is 0 Å². The van der Waals surface area contributed by atoms with Gasteiger partial charge in [-0.1, -0.05) is 12.1 Å². The Bertz CT molecular complexity index is 658. The summed E-state index contributed by atoms with van der Waals surface area (Å²) in [5, 5.41) is 10.9. The van der Waals surface area contributed by atoms with Crippen molar-refractivity contribution in [2.45, 2.75) is 38.8 Å². The van der Waals surface area contributed by atoms with Crippen LogP contribution in [0.1, 0.15) is 29.0 Å². The summed E-state index contributed by atoms with van der Waals surface area (Å²) in [7, 11) is 0. The molecule has 23 heavy (non-hydrogen) atoms. The number of benzene rings is 1. The molecular formula is C18H24N2O2S. The van der Waals surface area contributed by atoms with Gasteiger partial charge in [0, 0.05) is 18.0 Å². The summed E-state index contributed by atoms with van der Waals surface area (Å²) in [6.45, 7) is 6.96. The van der Waals surface area contributed by atoms with Gasteiger partial charge in [-0.05, 0) is 50.9 Å². The van der Waals surface area contributed by atoms with E-state index in [0.29, 0.717) is 13.2 Å². The fourth-order valence-corrected chi connectivity index (χ4v) is 3.88. The Morgan fingerprint density at radius 3 is 3.00 bits per heavy atom. The summed E-state index contributed by atoms with van der Waals surface area (Å²) in [4.78, 5) is 7.90. The first-order valence-corrected chi connectivity index (χ1v) is 8.95. The molecule has 124 valence electrons. The van der Waals surface area contributed by atoms with E-state index in [-0.39, 0.29) is 0 Å². The van der Waals surface area contributed by atoms with Gasteiger partial charge in [-0.3, -0.25) is 4.90 Å². The Kier molecular flexibility index (Phi) is 4.99. The maximum Gasteiger partial charge on any atom is 0.119 e. The lowest BCUT2D eigenvalue weighted by Gasteiger charge is -2.38. The minimum atomic E-state index is -0.777. The van der Waals surface area contributed by atoms with E-state index in [2.05, 4.69) is 9.88 Å². The van der Waals surface area contributed by atoms with Crippen LogP contribution in [0.15, 0.2) is 29.8 Å². The van der Waals surface area contributed by atoms with Gasteiger partial charge in [0.2, 0.25) is 0 Å². The summed E-state index contributed by atoms with van der Waals surface area (Å²) >= 11 is 1.69. The number of piperidine rings is 1. The van der Waals surface area contributed by atoms with Gasteiger partial charge in [0.05, 0.1) is 11.2 Å². The second-order valence-corrected chi connectivity index (χ2v) is 7.44. The third-order valence-electron chi connectivity index (χ3n) is 4.34. The fraction of sp³-hybridized carbons (Fsp3) is 0.500. The van der Waals surface area contributed by atoms with Crippen LogP contribution < -0.4 is 4.74 Å². The molecule has 1 fully saturated rings. The molecule has 1 aliphatic heterocycles. The third-order valence-corrected chi connectivity index (χ3v) is 5.26. The van der Waals surface area contributed by atoms with Crippen molar-refractivity contribution in [2.75, 3.05) is 19.7 Å². The summed E-state index contributed by atoms with van der Waals surface area (Å²) in [5.74, 6) is 0.828. The van der Waals surface area contributed by atoms with E-state index < -0.39 is 5.60 Å². The molecule has 0 aliphatic carbocycles. The molecule has 2 aromatic rings. The van der Waals surface area contributed by atoms with E-state index in [9.17, 15) is 5.11 Å². The number of β-amino-alcohol motifs (C(OH)–C–C–N with tert-alkyl or cyclic N) is 1. The van der Waals surface area contributed by atoms with Crippen molar-refractivity contribution in [2.24, 2.45) is 0 Å². The molecule has 0 amide bonds. The smallest absolute Gasteiger partial charge is 0.119 e. The number of aromatic nitrogens is 1. The molecule has 1 aromatic carbocycles. The summed E-state index contributed by atoms with van der Waals surface area (Å²) in [5.41, 5.74) is 3.38. The molecule has 1 aliphatic rings. The van der Waals surface area contributed by atoms with Crippen molar-refractivity contribution >= 4 is 11.3 Å². The molecule has 3 rings (SSSR count). The van der Waals surface area contributed by atoms with Crippen molar-refractivity contribution in [1.29, 1.82) is 0 Å². The number of likely N-dealkylation sites (tertiary alicyclic amines) is 1. The maximum atomic E-state index is 10.9. The maximum absolute atomic E-state index is 10.9. The van der Waals surface area contributed by atoms with Crippen LogP contribution in [-0.4, -0.2) is 40.3 Å². The number of rotatable bonds is 5. The van der Waals surface area contributed by atoms with Gasteiger partial charge < -0.3 is 9.84 Å². The number of hydrogen-bond acceptors (Lipinski definition) is 5. The molecule has 0 spiro atoms. The van der Waals surface area contributed by atoms with Gasteiger partial charge in [-0.15, -0.1) is 11.3 Å². The molecule has 1 N–H and O–H groups in total. The van der Waals surface area contributed by atoms with Crippen LogP contribution in [-0.2, 0) is 6.54 Å².